The Hall–Kier alpha value is -5.40. The zero-order chi connectivity index (χ0) is 34.2. The summed E-state index contributed by atoms with van der Waals surface area (Å²) in [5.74, 6) is -2.56. The number of carbonyl (C=O) groups is 4. The third-order valence-corrected chi connectivity index (χ3v) is 10.8. The number of aromatic amines is 1. The minimum absolute atomic E-state index is 0.219. The summed E-state index contributed by atoms with van der Waals surface area (Å²) in [6.45, 7) is 1.64. The summed E-state index contributed by atoms with van der Waals surface area (Å²) in [6, 6.07) is 24.6. The fourth-order valence-corrected chi connectivity index (χ4v) is 8.77. The van der Waals surface area contributed by atoms with Crippen LogP contribution in [0.15, 0.2) is 94.7 Å². The van der Waals surface area contributed by atoms with Gasteiger partial charge in [-0.05, 0) is 60.3 Å². The second kappa shape index (κ2) is 13.2. The van der Waals surface area contributed by atoms with Gasteiger partial charge in [-0.1, -0.05) is 65.6 Å². The molecule has 13 heteroatoms. The first-order valence-corrected chi connectivity index (χ1v) is 17.1. The number of esters is 1. The lowest BCUT2D eigenvalue weighted by Gasteiger charge is -2.30. The van der Waals surface area contributed by atoms with Crippen LogP contribution in [0.3, 0.4) is 0 Å². The van der Waals surface area contributed by atoms with Gasteiger partial charge in [0, 0.05) is 21.9 Å². The number of nitrogens with zero attached hydrogens (tertiary/aromatic N) is 1. The van der Waals surface area contributed by atoms with E-state index in [9.17, 15) is 24.0 Å². The molecule has 248 valence electrons. The summed E-state index contributed by atoms with van der Waals surface area (Å²) in [6.07, 6.45) is 0. The molecule has 0 aliphatic carbocycles. The van der Waals surface area contributed by atoms with Crippen molar-refractivity contribution in [3.63, 3.8) is 0 Å². The Morgan fingerprint density at radius 3 is 2.47 bits per heavy atom. The summed E-state index contributed by atoms with van der Waals surface area (Å²) in [5, 5.41) is 4.53. The Morgan fingerprint density at radius 1 is 0.918 bits per heavy atom. The van der Waals surface area contributed by atoms with Crippen molar-refractivity contribution in [3.05, 3.63) is 111 Å². The number of aromatic nitrogens is 1. The second-order valence-electron chi connectivity index (χ2n) is 11.3. The van der Waals surface area contributed by atoms with E-state index in [1.54, 1.807) is 37.3 Å². The number of ether oxygens (including phenoxy) is 3. The molecule has 49 heavy (non-hydrogen) atoms. The predicted octanol–water partition coefficient (Wildman–Crippen LogP) is 5.59. The van der Waals surface area contributed by atoms with E-state index in [-0.39, 0.29) is 24.0 Å². The van der Waals surface area contributed by atoms with Crippen LogP contribution < -0.4 is 24.6 Å². The number of amides is 3. The molecule has 1 fully saturated rings. The Morgan fingerprint density at radius 2 is 1.69 bits per heavy atom. The zero-order valence-corrected chi connectivity index (χ0v) is 27.9. The van der Waals surface area contributed by atoms with Gasteiger partial charge in [-0.3, -0.25) is 19.2 Å². The van der Waals surface area contributed by atoms with E-state index in [2.05, 4.69) is 10.3 Å². The van der Waals surface area contributed by atoms with Crippen LogP contribution in [0.4, 0.5) is 11.4 Å². The van der Waals surface area contributed by atoms with Gasteiger partial charge in [-0.2, -0.15) is 0 Å². The summed E-state index contributed by atoms with van der Waals surface area (Å²) in [5.41, 5.74) is 1.93. The Kier molecular flexibility index (Phi) is 8.69. The molecule has 2 N–H and O–H groups in total. The van der Waals surface area contributed by atoms with Gasteiger partial charge in [0.05, 0.1) is 35.9 Å². The number of rotatable bonds is 9. The molecule has 3 amide bonds. The van der Waals surface area contributed by atoms with Crippen molar-refractivity contribution in [3.8, 4) is 11.5 Å². The largest absolute Gasteiger partial charge is 0.493 e. The first-order valence-electron chi connectivity index (χ1n) is 15.4. The SMILES string of the molecule is CCOC(=O)c1ccc(N2C(=O)C3Sc4[nH]c(=O)sc4[C@H](c4ccc(OCC(=O)Nc5cccc6ccccc56)c(OC)c4)C3C2=O)cc1. The Bertz CT molecular complexity index is 2170. The van der Waals surface area contributed by atoms with Gasteiger partial charge in [-0.25, -0.2) is 9.69 Å². The molecule has 2 aliphatic heterocycles. The highest BCUT2D eigenvalue weighted by Gasteiger charge is 2.56. The summed E-state index contributed by atoms with van der Waals surface area (Å²) in [4.78, 5) is 69.8. The maximum absolute atomic E-state index is 14.1. The number of carbonyl (C=O) groups excluding carboxylic acids is 4. The molecule has 3 atom stereocenters. The zero-order valence-electron chi connectivity index (χ0n) is 26.3. The fraction of sp³-hybridized carbons (Fsp3) is 0.194. The lowest BCUT2D eigenvalue weighted by atomic mass is 9.83. The highest BCUT2D eigenvalue weighted by Crippen LogP contribution is 2.53. The van der Waals surface area contributed by atoms with Crippen molar-refractivity contribution in [2.75, 3.05) is 30.5 Å². The summed E-state index contributed by atoms with van der Waals surface area (Å²) >= 11 is 2.16. The van der Waals surface area contributed by atoms with Gasteiger partial charge in [0.25, 0.3) is 5.91 Å². The van der Waals surface area contributed by atoms with Crippen LogP contribution in [0.1, 0.15) is 33.6 Å². The van der Waals surface area contributed by atoms with Crippen LogP contribution in [0, 0.1) is 5.92 Å². The molecule has 11 nitrogen and oxygen atoms in total. The molecule has 5 aromatic rings. The highest BCUT2D eigenvalue weighted by molar-refractivity contribution is 8.00. The molecule has 2 unspecified atom stereocenters. The van der Waals surface area contributed by atoms with Crippen LogP contribution in [-0.4, -0.2) is 54.2 Å². The normalized spacial score (nSPS) is 18.2. The number of methoxy groups -OCH3 is 1. The van der Waals surface area contributed by atoms with Crippen LogP contribution in [0.5, 0.6) is 11.5 Å². The molecule has 1 saturated heterocycles. The van der Waals surface area contributed by atoms with Gasteiger partial charge < -0.3 is 24.5 Å². The number of imide groups is 1. The van der Waals surface area contributed by atoms with Gasteiger partial charge >= 0.3 is 10.8 Å². The van der Waals surface area contributed by atoms with Crippen LogP contribution in [0.2, 0.25) is 0 Å². The first kappa shape index (κ1) is 32.2. The average molecular weight is 696 g/mol. The molecule has 7 rings (SSSR count). The first-order chi connectivity index (χ1) is 23.8. The number of hydrogen-bond acceptors (Lipinski definition) is 10. The number of benzene rings is 4. The van der Waals surface area contributed by atoms with E-state index in [1.165, 1.54) is 31.0 Å². The lowest BCUT2D eigenvalue weighted by Crippen LogP contribution is -2.32. The minimum atomic E-state index is -0.830. The number of hydrogen-bond donors (Lipinski definition) is 2. The van der Waals surface area contributed by atoms with E-state index in [1.807, 2.05) is 42.5 Å². The van der Waals surface area contributed by atoms with Crippen molar-refractivity contribution < 1.29 is 33.4 Å². The highest BCUT2D eigenvalue weighted by atomic mass is 32.2. The third-order valence-electron chi connectivity index (χ3n) is 8.43. The Labute approximate surface area is 288 Å². The number of fused-ring (bicyclic) bond motifs is 3. The second-order valence-corrected chi connectivity index (χ2v) is 13.5. The van der Waals surface area contributed by atoms with Gasteiger partial charge in [0.2, 0.25) is 11.8 Å². The minimum Gasteiger partial charge on any atom is -0.493 e. The quantitative estimate of drug-likeness (QED) is 0.149. The average Bonchev–Trinajstić information content (AvgIpc) is 3.61. The lowest BCUT2D eigenvalue weighted by molar-refractivity contribution is -0.122. The number of thiazole rings is 1. The molecular formula is C36H29N3O8S2. The van der Waals surface area contributed by atoms with Crippen LogP contribution >= 0.6 is 23.1 Å². The van der Waals surface area contributed by atoms with Crippen molar-refractivity contribution in [2.24, 2.45) is 5.92 Å². The molecule has 0 saturated carbocycles. The fourth-order valence-electron chi connectivity index (χ4n) is 6.25. The van der Waals surface area contributed by atoms with E-state index in [0.717, 1.165) is 27.0 Å². The summed E-state index contributed by atoms with van der Waals surface area (Å²) in [7, 11) is 1.47. The van der Waals surface area contributed by atoms with E-state index in [0.29, 0.717) is 43.9 Å². The molecule has 0 spiro atoms. The molecule has 4 aromatic carbocycles. The molecule has 3 heterocycles. The third kappa shape index (κ3) is 5.95. The van der Waals surface area contributed by atoms with Gasteiger partial charge in [-0.15, -0.1) is 0 Å². The van der Waals surface area contributed by atoms with Crippen molar-refractivity contribution in [1.29, 1.82) is 0 Å². The standard InChI is InChI=1S/C36H29N3O8S2/c1-3-46-35(43)20-11-14-22(15-12-20)39-33(41)29-28(30-32(38-36(44)49-30)48-31(29)34(39)42)21-13-16-25(26(17-21)45-2)47-18-27(40)37-24-10-6-8-19-7-4-5-9-23(19)24/h4-17,28-29,31H,3,18H2,1-2H3,(H,37,40)(H,38,44)/t28-,29?,31?/m1/s1. The van der Waals surface area contributed by atoms with E-state index < -0.39 is 34.9 Å². The molecule has 2 aliphatic rings. The molecule has 0 radical (unpaired) electrons. The van der Waals surface area contributed by atoms with Crippen molar-refractivity contribution in [1.82, 2.24) is 4.98 Å². The van der Waals surface area contributed by atoms with E-state index >= 15 is 0 Å². The number of anilines is 2. The predicted molar refractivity (Wildman–Crippen MR) is 186 cm³/mol. The maximum Gasteiger partial charge on any atom is 0.338 e. The van der Waals surface area contributed by atoms with E-state index in [4.69, 9.17) is 14.2 Å². The topological polar surface area (TPSA) is 144 Å². The maximum atomic E-state index is 14.1. The van der Waals surface area contributed by atoms with Crippen LogP contribution in [0.25, 0.3) is 10.8 Å². The smallest absolute Gasteiger partial charge is 0.338 e. The summed E-state index contributed by atoms with van der Waals surface area (Å²) < 4.78 is 16.6. The van der Waals surface area contributed by atoms with Crippen molar-refractivity contribution in [2.45, 2.75) is 23.1 Å². The van der Waals surface area contributed by atoms with Crippen molar-refractivity contribution >= 4 is 68.9 Å². The number of thioether (sulfide) groups is 1. The van der Waals surface area contributed by atoms with Gasteiger partial charge in [0.15, 0.2) is 18.1 Å². The number of nitrogens with one attached hydrogen (secondary N) is 2. The molecule has 0 bridgehead atoms. The van der Waals surface area contributed by atoms with Crippen LogP contribution in [-0.2, 0) is 19.1 Å². The van der Waals surface area contributed by atoms with Gasteiger partial charge in [0.1, 0.15) is 5.25 Å². The molecular weight excluding hydrogens is 667 g/mol. The molecule has 1 aromatic heterocycles. The Balaban J connectivity index is 1.15. The number of H-pyrrole nitrogens is 1. The monoisotopic (exact) mass is 695 g/mol.